The van der Waals surface area contributed by atoms with Crippen LogP contribution < -0.4 is 5.32 Å². The third kappa shape index (κ3) is 2.54. The van der Waals surface area contributed by atoms with Crippen LogP contribution in [0, 0.1) is 0 Å². The van der Waals surface area contributed by atoms with Crippen molar-refractivity contribution in [2.45, 2.75) is 37.9 Å². The van der Waals surface area contributed by atoms with Crippen molar-refractivity contribution >= 4 is 21.6 Å². The molecule has 96 valence electrons. The van der Waals surface area contributed by atoms with Gasteiger partial charge in [0.2, 0.25) is 0 Å². The maximum Gasteiger partial charge on any atom is 0.122 e. The third-order valence-electron chi connectivity index (χ3n) is 3.49. The first kappa shape index (κ1) is 12.1. The quantitative estimate of drug-likeness (QED) is 0.920. The van der Waals surface area contributed by atoms with Crippen molar-refractivity contribution in [2.24, 2.45) is 0 Å². The number of hydrogen-bond donors (Lipinski definition) is 1. The van der Waals surface area contributed by atoms with Gasteiger partial charge in [-0.15, -0.1) is 11.3 Å². The number of alkyl halides is 1. The number of rotatable bonds is 3. The Morgan fingerprint density at radius 3 is 3.06 bits per heavy atom. The van der Waals surface area contributed by atoms with E-state index in [2.05, 4.69) is 10.3 Å². The largest absolute Gasteiger partial charge is 0.311 e. The summed E-state index contributed by atoms with van der Waals surface area (Å²) in [6.45, 7) is 0.949. The fourth-order valence-electron chi connectivity index (χ4n) is 2.50. The monoisotopic (exact) mass is 264 g/mol. The van der Waals surface area contributed by atoms with Crippen molar-refractivity contribution in [2.75, 3.05) is 6.54 Å². The number of benzene rings is 1. The summed E-state index contributed by atoms with van der Waals surface area (Å²) in [6, 6.07) is 8.02. The van der Waals surface area contributed by atoms with Crippen LogP contribution in [0.15, 0.2) is 24.3 Å². The minimum absolute atomic E-state index is 0.0192. The van der Waals surface area contributed by atoms with E-state index in [0.29, 0.717) is 6.42 Å². The average Bonchev–Trinajstić information content (AvgIpc) is 2.82. The van der Waals surface area contributed by atoms with E-state index in [4.69, 9.17) is 0 Å². The molecule has 0 saturated carbocycles. The Morgan fingerprint density at radius 2 is 2.28 bits per heavy atom. The number of aromatic nitrogens is 1. The molecular formula is C14H17FN2S. The highest BCUT2D eigenvalue weighted by Gasteiger charge is 2.24. The van der Waals surface area contributed by atoms with Gasteiger partial charge in [0.1, 0.15) is 6.17 Å². The Hall–Kier alpha value is -1.00. The van der Waals surface area contributed by atoms with Gasteiger partial charge in [0.05, 0.1) is 15.2 Å². The van der Waals surface area contributed by atoms with E-state index in [0.717, 1.165) is 34.6 Å². The van der Waals surface area contributed by atoms with Gasteiger partial charge in [0, 0.05) is 12.5 Å². The lowest BCUT2D eigenvalue weighted by Crippen LogP contribution is -2.42. The molecule has 0 aliphatic carbocycles. The van der Waals surface area contributed by atoms with Gasteiger partial charge in [-0.05, 0) is 31.5 Å². The molecule has 4 heteroatoms. The van der Waals surface area contributed by atoms with Crippen molar-refractivity contribution in [1.29, 1.82) is 0 Å². The summed E-state index contributed by atoms with van der Waals surface area (Å²) in [5.41, 5.74) is 0.987. The first-order valence-corrected chi connectivity index (χ1v) is 7.36. The van der Waals surface area contributed by atoms with Gasteiger partial charge in [0.15, 0.2) is 0 Å². The van der Waals surface area contributed by atoms with Gasteiger partial charge in [-0.1, -0.05) is 18.6 Å². The van der Waals surface area contributed by atoms with Crippen LogP contribution in [0.4, 0.5) is 4.39 Å². The molecule has 3 rings (SSSR count). The fraction of sp³-hybridized carbons (Fsp3) is 0.500. The molecule has 1 aromatic carbocycles. The molecule has 2 unspecified atom stereocenters. The molecule has 2 aromatic rings. The van der Waals surface area contributed by atoms with Gasteiger partial charge < -0.3 is 5.32 Å². The third-order valence-corrected chi connectivity index (χ3v) is 4.55. The standard InChI is InChI=1S/C14H17FN2S/c15-10(11-5-3-4-8-16-11)9-14-17-12-6-1-2-7-13(12)18-14/h1-2,6-7,10-11,16H,3-5,8-9H2. The highest BCUT2D eigenvalue weighted by atomic mass is 32.1. The van der Waals surface area contributed by atoms with Gasteiger partial charge in [-0.3, -0.25) is 0 Å². The molecule has 0 radical (unpaired) electrons. The second-order valence-electron chi connectivity index (χ2n) is 4.85. The summed E-state index contributed by atoms with van der Waals surface area (Å²) in [6.07, 6.45) is 2.89. The molecule has 18 heavy (non-hydrogen) atoms. The molecule has 0 bridgehead atoms. The lowest BCUT2D eigenvalue weighted by atomic mass is 9.99. The summed E-state index contributed by atoms with van der Waals surface area (Å²) < 4.78 is 15.4. The minimum atomic E-state index is -0.814. The molecule has 2 nitrogen and oxygen atoms in total. The zero-order valence-corrected chi connectivity index (χ0v) is 11.0. The van der Waals surface area contributed by atoms with Gasteiger partial charge in [-0.25, -0.2) is 9.37 Å². The van der Waals surface area contributed by atoms with E-state index in [9.17, 15) is 4.39 Å². The molecule has 2 atom stereocenters. The Bertz CT molecular complexity index is 486. The Morgan fingerprint density at radius 1 is 1.39 bits per heavy atom. The minimum Gasteiger partial charge on any atom is -0.311 e. The summed E-state index contributed by atoms with van der Waals surface area (Å²) in [5.74, 6) is 0. The molecule has 1 N–H and O–H groups in total. The van der Waals surface area contributed by atoms with Gasteiger partial charge in [-0.2, -0.15) is 0 Å². The molecule has 1 saturated heterocycles. The molecule has 0 amide bonds. The molecular weight excluding hydrogens is 247 g/mol. The fourth-order valence-corrected chi connectivity index (χ4v) is 3.51. The smallest absolute Gasteiger partial charge is 0.122 e. The van der Waals surface area contributed by atoms with Crippen LogP contribution in [0.25, 0.3) is 10.2 Å². The number of halogens is 1. The first-order chi connectivity index (χ1) is 8.83. The summed E-state index contributed by atoms with van der Waals surface area (Å²) in [4.78, 5) is 4.50. The summed E-state index contributed by atoms with van der Waals surface area (Å²) in [7, 11) is 0. The topological polar surface area (TPSA) is 24.9 Å². The Balaban J connectivity index is 1.71. The highest BCUT2D eigenvalue weighted by Crippen LogP contribution is 2.24. The van der Waals surface area contributed by atoms with Crippen LogP contribution in [0.3, 0.4) is 0 Å². The summed E-state index contributed by atoms with van der Waals surface area (Å²) >= 11 is 1.61. The first-order valence-electron chi connectivity index (χ1n) is 6.55. The normalized spacial score (nSPS) is 22.2. The van der Waals surface area contributed by atoms with Crippen molar-refractivity contribution < 1.29 is 4.39 Å². The molecule has 0 spiro atoms. The Labute approximate surface area is 110 Å². The maximum absolute atomic E-state index is 14.2. The lowest BCUT2D eigenvalue weighted by Gasteiger charge is -2.26. The second kappa shape index (κ2) is 5.33. The number of piperidine rings is 1. The highest BCUT2D eigenvalue weighted by molar-refractivity contribution is 7.18. The number of thiazole rings is 1. The predicted octanol–water partition coefficient (Wildman–Crippen LogP) is 3.32. The molecule has 1 aromatic heterocycles. The molecule has 1 aliphatic heterocycles. The second-order valence-corrected chi connectivity index (χ2v) is 5.97. The zero-order valence-electron chi connectivity index (χ0n) is 10.2. The van der Waals surface area contributed by atoms with Crippen molar-refractivity contribution in [3.8, 4) is 0 Å². The zero-order chi connectivity index (χ0) is 12.4. The average molecular weight is 264 g/mol. The number of hydrogen-bond acceptors (Lipinski definition) is 3. The van der Waals surface area contributed by atoms with E-state index >= 15 is 0 Å². The van der Waals surface area contributed by atoms with E-state index < -0.39 is 6.17 Å². The van der Waals surface area contributed by atoms with E-state index in [1.807, 2.05) is 24.3 Å². The lowest BCUT2D eigenvalue weighted by molar-refractivity contribution is 0.217. The van der Waals surface area contributed by atoms with Crippen LogP contribution in [0.2, 0.25) is 0 Å². The van der Waals surface area contributed by atoms with Crippen LogP contribution in [0.5, 0.6) is 0 Å². The van der Waals surface area contributed by atoms with Crippen LogP contribution in [-0.2, 0) is 6.42 Å². The number of nitrogens with one attached hydrogen (secondary N) is 1. The Kier molecular flexibility index (Phi) is 3.57. The number of fused-ring (bicyclic) bond motifs is 1. The number of nitrogens with zero attached hydrogens (tertiary/aromatic N) is 1. The van der Waals surface area contributed by atoms with Crippen molar-refractivity contribution in [1.82, 2.24) is 10.3 Å². The van der Waals surface area contributed by atoms with Crippen molar-refractivity contribution in [3.05, 3.63) is 29.3 Å². The maximum atomic E-state index is 14.2. The SMILES string of the molecule is FC(Cc1nc2ccccc2s1)C1CCCCN1. The van der Waals surface area contributed by atoms with Crippen molar-refractivity contribution in [3.63, 3.8) is 0 Å². The molecule has 2 heterocycles. The summed E-state index contributed by atoms with van der Waals surface area (Å²) in [5, 5.41) is 4.19. The van der Waals surface area contributed by atoms with Crippen LogP contribution >= 0.6 is 11.3 Å². The molecule has 1 fully saturated rings. The van der Waals surface area contributed by atoms with E-state index in [1.54, 1.807) is 11.3 Å². The van der Waals surface area contributed by atoms with E-state index in [1.165, 1.54) is 6.42 Å². The van der Waals surface area contributed by atoms with Gasteiger partial charge >= 0.3 is 0 Å². The van der Waals surface area contributed by atoms with Crippen LogP contribution in [-0.4, -0.2) is 23.7 Å². The van der Waals surface area contributed by atoms with E-state index in [-0.39, 0.29) is 6.04 Å². The van der Waals surface area contributed by atoms with Crippen LogP contribution in [0.1, 0.15) is 24.3 Å². The predicted molar refractivity (Wildman–Crippen MR) is 73.9 cm³/mol. The number of para-hydroxylation sites is 1. The molecule has 1 aliphatic rings. The van der Waals surface area contributed by atoms with Gasteiger partial charge in [0.25, 0.3) is 0 Å².